The fraction of sp³-hybridized carbons (Fsp3) is 0.160. The van der Waals surface area contributed by atoms with E-state index in [0.717, 1.165) is 18.4 Å². The van der Waals surface area contributed by atoms with Crippen molar-refractivity contribution >= 4 is 27.9 Å². The van der Waals surface area contributed by atoms with E-state index >= 15 is 0 Å². The Hall–Kier alpha value is -3.13. The van der Waals surface area contributed by atoms with Crippen LogP contribution < -0.4 is 0 Å². The molecule has 2 nitrogen and oxygen atoms in total. The van der Waals surface area contributed by atoms with E-state index in [-0.39, 0.29) is 0 Å². The maximum absolute atomic E-state index is 11.0. The van der Waals surface area contributed by atoms with Crippen molar-refractivity contribution in [1.29, 1.82) is 0 Å². The van der Waals surface area contributed by atoms with Gasteiger partial charge in [0.15, 0.2) is 0 Å². The number of aryl methyl sites for hydroxylation is 2. The number of benzene rings is 3. The number of rotatable bonds is 3. The van der Waals surface area contributed by atoms with Gasteiger partial charge < -0.3 is 5.11 Å². The van der Waals surface area contributed by atoms with Crippen molar-refractivity contribution in [3.8, 4) is 0 Å². The lowest BCUT2D eigenvalue weighted by Gasteiger charge is -2.17. The average Bonchev–Trinajstić information content (AvgIpc) is 2.71. The minimum atomic E-state index is -0.886. The Bertz CT molecular complexity index is 1100. The molecule has 3 aromatic carbocycles. The van der Waals surface area contributed by atoms with Crippen molar-refractivity contribution in [1.82, 2.24) is 0 Å². The summed E-state index contributed by atoms with van der Waals surface area (Å²) >= 11 is 0. The van der Waals surface area contributed by atoms with Crippen molar-refractivity contribution in [2.45, 2.75) is 26.7 Å². The van der Waals surface area contributed by atoms with E-state index in [4.69, 9.17) is 5.11 Å². The summed E-state index contributed by atoms with van der Waals surface area (Å²) in [5, 5.41) is 11.7. The van der Waals surface area contributed by atoms with Crippen LogP contribution >= 0.6 is 0 Å². The van der Waals surface area contributed by atoms with Crippen LogP contribution in [0.3, 0.4) is 0 Å². The molecule has 0 unspecified atom stereocenters. The molecule has 0 saturated heterocycles. The molecule has 0 aromatic heterocycles. The molecule has 0 amide bonds. The van der Waals surface area contributed by atoms with Crippen LogP contribution in [0, 0.1) is 13.8 Å². The van der Waals surface area contributed by atoms with Gasteiger partial charge in [0.05, 0.1) is 5.56 Å². The first kappa shape index (κ1) is 17.3. The van der Waals surface area contributed by atoms with Gasteiger partial charge in [0.1, 0.15) is 0 Å². The van der Waals surface area contributed by atoms with Gasteiger partial charge in [-0.15, -0.1) is 0 Å². The predicted octanol–water partition coefficient (Wildman–Crippen LogP) is 6.42. The molecule has 0 aliphatic heterocycles. The Balaban J connectivity index is 1.65. The molecule has 134 valence electrons. The van der Waals surface area contributed by atoms with E-state index in [1.54, 1.807) is 12.1 Å². The smallest absolute Gasteiger partial charge is 0.335 e. The van der Waals surface area contributed by atoms with Crippen LogP contribution in [0.15, 0.2) is 66.7 Å². The molecule has 1 N–H and O–H groups in total. The van der Waals surface area contributed by atoms with Crippen molar-refractivity contribution in [2.75, 3.05) is 0 Å². The van der Waals surface area contributed by atoms with Crippen molar-refractivity contribution in [2.24, 2.45) is 0 Å². The highest BCUT2D eigenvalue weighted by Crippen LogP contribution is 2.34. The molecule has 3 aromatic rings. The number of allylic oxidation sites excluding steroid dienone is 4. The van der Waals surface area contributed by atoms with Crippen LogP contribution in [0.5, 0.6) is 0 Å². The summed E-state index contributed by atoms with van der Waals surface area (Å²) in [6.45, 7) is 4.32. The molecule has 1 aliphatic carbocycles. The molecule has 0 spiro atoms. The summed E-state index contributed by atoms with van der Waals surface area (Å²) in [5.74, 6) is -0.886. The molecule has 0 bridgehead atoms. The quantitative estimate of drug-likeness (QED) is 0.589. The summed E-state index contributed by atoms with van der Waals surface area (Å²) in [6.07, 6.45) is 6.32. The monoisotopic (exact) mass is 354 g/mol. The largest absolute Gasteiger partial charge is 0.478 e. The average molecular weight is 354 g/mol. The van der Waals surface area contributed by atoms with Gasteiger partial charge in [0, 0.05) is 0 Å². The Labute approximate surface area is 159 Å². The number of carboxylic acids is 1. The number of aromatic carboxylic acids is 1. The van der Waals surface area contributed by atoms with Crippen LogP contribution in [0.25, 0.3) is 21.9 Å². The van der Waals surface area contributed by atoms with E-state index in [0.29, 0.717) is 5.56 Å². The summed E-state index contributed by atoms with van der Waals surface area (Å²) in [4.78, 5) is 11.0. The zero-order chi connectivity index (χ0) is 19.0. The van der Waals surface area contributed by atoms with Gasteiger partial charge in [-0.3, -0.25) is 0 Å². The molecule has 27 heavy (non-hydrogen) atoms. The number of hydrogen-bond donors (Lipinski definition) is 1. The lowest BCUT2D eigenvalue weighted by Crippen LogP contribution is -1.97. The highest BCUT2D eigenvalue weighted by Gasteiger charge is 2.12. The normalized spacial score (nSPS) is 14.0. The fourth-order valence-electron chi connectivity index (χ4n) is 3.79. The predicted molar refractivity (Wildman–Crippen MR) is 112 cm³/mol. The van der Waals surface area contributed by atoms with Gasteiger partial charge in [-0.25, -0.2) is 4.79 Å². The van der Waals surface area contributed by atoms with Crippen molar-refractivity contribution < 1.29 is 9.90 Å². The third-order valence-electron chi connectivity index (χ3n) is 5.48. The molecule has 0 fully saturated rings. The topological polar surface area (TPSA) is 37.3 Å². The van der Waals surface area contributed by atoms with Crippen LogP contribution in [0.1, 0.15) is 45.5 Å². The SMILES string of the molecule is Cc1ccc(C)c2cc(C3=CC=C(c4ccc(C(=O)O)cc4)CC3)ccc12. The van der Waals surface area contributed by atoms with Gasteiger partial charge in [0.2, 0.25) is 0 Å². The maximum Gasteiger partial charge on any atom is 0.335 e. The van der Waals surface area contributed by atoms with E-state index in [1.165, 1.54) is 38.6 Å². The first-order chi connectivity index (χ1) is 13.0. The molecule has 2 heteroatoms. The van der Waals surface area contributed by atoms with Crippen molar-refractivity contribution in [3.05, 3.63) is 94.6 Å². The van der Waals surface area contributed by atoms with E-state index in [9.17, 15) is 4.79 Å². The first-order valence-electron chi connectivity index (χ1n) is 9.27. The molecule has 0 heterocycles. The Morgan fingerprint density at radius 3 is 1.89 bits per heavy atom. The van der Waals surface area contributed by atoms with Crippen LogP contribution in [0.4, 0.5) is 0 Å². The lowest BCUT2D eigenvalue weighted by molar-refractivity contribution is 0.0697. The van der Waals surface area contributed by atoms with Gasteiger partial charge in [-0.05, 0) is 89.1 Å². The first-order valence-corrected chi connectivity index (χ1v) is 9.27. The third-order valence-corrected chi connectivity index (χ3v) is 5.48. The standard InChI is InChI=1S/C25H22O2/c1-16-3-4-17(2)24-15-22(13-14-23(16)24)20-7-5-18(6-8-20)19-9-11-21(12-10-19)25(26)27/h3-5,7,9-15H,6,8H2,1-2H3,(H,26,27). The van der Waals surface area contributed by atoms with Gasteiger partial charge in [0.25, 0.3) is 0 Å². The van der Waals surface area contributed by atoms with E-state index < -0.39 is 5.97 Å². The number of carboxylic acid groups (broad SMARTS) is 1. The molecule has 0 atom stereocenters. The summed E-state index contributed by atoms with van der Waals surface area (Å²) in [6, 6.07) is 18.3. The van der Waals surface area contributed by atoms with Crippen LogP contribution in [0.2, 0.25) is 0 Å². The van der Waals surface area contributed by atoms with E-state index in [2.05, 4.69) is 56.3 Å². The summed E-state index contributed by atoms with van der Waals surface area (Å²) in [5.41, 5.74) is 7.93. The minimum Gasteiger partial charge on any atom is -0.478 e. The molecule has 0 saturated carbocycles. The third kappa shape index (κ3) is 3.31. The zero-order valence-corrected chi connectivity index (χ0v) is 15.6. The second kappa shape index (κ2) is 6.88. The zero-order valence-electron chi connectivity index (χ0n) is 15.6. The van der Waals surface area contributed by atoms with Crippen LogP contribution in [-0.4, -0.2) is 11.1 Å². The minimum absolute atomic E-state index is 0.327. The second-order valence-corrected chi connectivity index (χ2v) is 7.23. The Morgan fingerprint density at radius 1 is 0.741 bits per heavy atom. The van der Waals surface area contributed by atoms with Gasteiger partial charge in [-0.1, -0.05) is 48.6 Å². The number of hydrogen-bond acceptors (Lipinski definition) is 1. The molecule has 4 rings (SSSR count). The second-order valence-electron chi connectivity index (χ2n) is 7.23. The Morgan fingerprint density at radius 2 is 1.30 bits per heavy atom. The highest BCUT2D eigenvalue weighted by molar-refractivity contribution is 5.92. The summed E-state index contributed by atoms with van der Waals surface area (Å²) < 4.78 is 0. The Kier molecular flexibility index (Phi) is 4.41. The van der Waals surface area contributed by atoms with Gasteiger partial charge in [-0.2, -0.15) is 0 Å². The van der Waals surface area contributed by atoms with Gasteiger partial charge >= 0.3 is 5.97 Å². The number of carbonyl (C=O) groups is 1. The molecule has 1 aliphatic rings. The lowest BCUT2D eigenvalue weighted by atomic mass is 9.88. The summed E-state index contributed by atoms with van der Waals surface area (Å²) in [7, 11) is 0. The fourth-order valence-corrected chi connectivity index (χ4v) is 3.79. The molecular weight excluding hydrogens is 332 g/mol. The van der Waals surface area contributed by atoms with Crippen LogP contribution in [-0.2, 0) is 0 Å². The highest BCUT2D eigenvalue weighted by atomic mass is 16.4. The number of fused-ring (bicyclic) bond motifs is 1. The molecule has 0 radical (unpaired) electrons. The molecular formula is C25H22O2. The van der Waals surface area contributed by atoms with E-state index in [1.807, 2.05) is 12.1 Å². The van der Waals surface area contributed by atoms with Crippen molar-refractivity contribution in [3.63, 3.8) is 0 Å². The maximum atomic E-state index is 11.0.